The fourth-order valence-electron chi connectivity index (χ4n) is 6.25. The van der Waals surface area contributed by atoms with Gasteiger partial charge in [-0.2, -0.15) is 0 Å². The number of hydrogen-bond acceptors (Lipinski definition) is 1. The molecule has 1 heteroatoms. The SMILES string of the molecule is c1ccc(-c2ccc(-c3c4ccccc4c4c5c(cccc35)-c3ccccc3-c3ccccc3-4)cn2)cc1. The van der Waals surface area contributed by atoms with E-state index < -0.39 is 0 Å². The molecule has 0 saturated carbocycles. The molecule has 0 saturated heterocycles. The van der Waals surface area contributed by atoms with Gasteiger partial charge >= 0.3 is 0 Å². The van der Waals surface area contributed by atoms with Gasteiger partial charge in [0.1, 0.15) is 0 Å². The Hall–Kier alpha value is -5.01. The number of hydrogen-bond donors (Lipinski definition) is 0. The van der Waals surface area contributed by atoms with Crippen LogP contribution in [-0.2, 0) is 0 Å². The van der Waals surface area contributed by atoms with E-state index in [-0.39, 0.29) is 0 Å². The van der Waals surface area contributed by atoms with Gasteiger partial charge in [0.2, 0.25) is 0 Å². The minimum atomic E-state index is 0.987. The Bertz CT molecular complexity index is 2000. The summed E-state index contributed by atoms with van der Waals surface area (Å²) < 4.78 is 0. The van der Waals surface area contributed by atoms with Gasteiger partial charge in [0.25, 0.3) is 0 Å². The van der Waals surface area contributed by atoms with Gasteiger partial charge in [0, 0.05) is 17.3 Å². The lowest BCUT2D eigenvalue weighted by Crippen LogP contribution is -1.93. The minimum absolute atomic E-state index is 0.987. The van der Waals surface area contributed by atoms with Crippen molar-refractivity contribution in [3.8, 4) is 55.8 Å². The molecule has 0 atom stereocenters. The zero-order valence-corrected chi connectivity index (χ0v) is 20.7. The number of nitrogens with zero attached hydrogens (tertiary/aromatic N) is 1. The summed E-state index contributed by atoms with van der Waals surface area (Å²) >= 11 is 0. The average Bonchev–Trinajstić information content (AvgIpc) is 3.12. The first-order valence-corrected chi connectivity index (χ1v) is 13.1. The Morgan fingerprint density at radius 2 is 0.895 bits per heavy atom. The third-order valence-corrected chi connectivity index (χ3v) is 7.88. The molecule has 38 heavy (non-hydrogen) atoms. The predicted molar refractivity (Wildman–Crippen MR) is 160 cm³/mol. The van der Waals surface area contributed by atoms with Crippen LogP contribution < -0.4 is 0 Å². The molecule has 0 amide bonds. The van der Waals surface area contributed by atoms with Gasteiger partial charge in [-0.25, -0.2) is 0 Å². The summed E-state index contributed by atoms with van der Waals surface area (Å²) in [5, 5.41) is 5.10. The lowest BCUT2D eigenvalue weighted by molar-refractivity contribution is 1.33. The zero-order chi connectivity index (χ0) is 25.1. The predicted octanol–water partition coefficient (Wildman–Crippen LogP) is 10.0. The summed E-state index contributed by atoms with van der Waals surface area (Å²) in [6.45, 7) is 0. The van der Waals surface area contributed by atoms with Crippen molar-refractivity contribution in [2.75, 3.05) is 0 Å². The molecule has 0 spiro atoms. The molecular formula is C37H23N. The van der Waals surface area contributed by atoms with Crippen molar-refractivity contribution in [2.45, 2.75) is 0 Å². The molecular weight excluding hydrogens is 458 g/mol. The van der Waals surface area contributed by atoms with E-state index in [1.807, 2.05) is 12.3 Å². The number of rotatable bonds is 2. The van der Waals surface area contributed by atoms with E-state index in [0.717, 1.165) is 16.8 Å². The van der Waals surface area contributed by atoms with Crippen LogP contribution in [0.2, 0.25) is 0 Å². The first-order chi connectivity index (χ1) is 18.9. The van der Waals surface area contributed by atoms with Crippen LogP contribution in [0.15, 0.2) is 140 Å². The lowest BCUT2D eigenvalue weighted by atomic mass is 9.84. The average molecular weight is 482 g/mol. The van der Waals surface area contributed by atoms with E-state index in [9.17, 15) is 0 Å². The Balaban J connectivity index is 1.51. The van der Waals surface area contributed by atoms with Crippen molar-refractivity contribution in [1.29, 1.82) is 0 Å². The number of benzene rings is 6. The maximum atomic E-state index is 4.91. The van der Waals surface area contributed by atoms with Crippen LogP contribution in [0.5, 0.6) is 0 Å². The lowest BCUT2D eigenvalue weighted by Gasteiger charge is -2.19. The van der Waals surface area contributed by atoms with Crippen molar-refractivity contribution in [2.24, 2.45) is 0 Å². The topological polar surface area (TPSA) is 12.9 Å². The third kappa shape index (κ3) is 3.02. The van der Waals surface area contributed by atoms with Crippen LogP contribution >= 0.6 is 0 Å². The summed E-state index contributed by atoms with van der Waals surface area (Å²) in [4.78, 5) is 4.91. The maximum absolute atomic E-state index is 4.91. The highest BCUT2D eigenvalue weighted by Gasteiger charge is 2.25. The summed E-state index contributed by atoms with van der Waals surface area (Å²) in [6.07, 6.45) is 2.04. The Morgan fingerprint density at radius 1 is 0.342 bits per heavy atom. The molecule has 8 rings (SSSR count). The van der Waals surface area contributed by atoms with Crippen molar-refractivity contribution in [3.05, 3.63) is 140 Å². The van der Waals surface area contributed by atoms with Crippen LogP contribution in [0.25, 0.3) is 77.3 Å². The normalized spacial score (nSPS) is 11.7. The van der Waals surface area contributed by atoms with Gasteiger partial charge in [-0.15, -0.1) is 0 Å². The molecule has 0 fully saturated rings. The molecule has 6 aromatic carbocycles. The van der Waals surface area contributed by atoms with Gasteiger partial charge in [0.15, 0.2) is 0 Å². The Morgan fingerprint density at radius 3 is 1.61 bits per heavy atom. The van der Waals surface area contributed by atoms with Crippen molar-refractivity contribution < 1.29 is 0 Å². The highest BCUT2D eigenvalue weighted by Crippen LogP contribution is 2.52. The molecule has 7 aromatic rings. The van der Waals surface area contributed by atoms with Crippen LogP contribution in [0.4, 0.5) is 0 Å². The third-order valence-electron chi connectivity index (χ3n) is 7.88. The van der Waals surface area contributed by atoms with E-state index >= 15 is 0 Å². The number of fused-ring (bicyclic) bond motifs is 7. The second-order valence-electron chi connectivity index (χ2n) is 9.91. The maximum Gasteiger partial charge on any atom is 0.0702 e. The van der Waals surface area contributed by atoms with E-state index in [0.29, 0.717) is 0 Å². The fourth-order valence-corrected chi connectivity index (χ4v) is 6.25. The molecule has 176 valence electrons. The summed E-state index contributed by atoms with van der Waals surface area (Å²) in [5.74, 6) is 0. The molecule has 0 aliphatic heterocycles. The van der Waals surface area contributed by atoms with E-state index in [1.54, 1.807) is 0 Å². The quantitative estimate of drug-likeness (QED) is 0.224. The molecule has 1 aromatic heterocycles. The standard InChI is InChI=1S/C37H23N/c1-2-11-24(12-3-1)34-22-21-25(23-38-34)35-31-17-8-9-18-32(31)36-29-16-7-6-15-27(29)26-13-4-5-14-28(26)30-19-10-20-33(35)37(30)36/h1-23H. The van der Waals surface area contributed by atoms with Gasteiger partial charge < -0.3 is 0 Å². The van der Waals surface area contributed by atoms with Crippen LogP contribution in [0, 0.1) is 0 Å². The van der Waals surface area contributed by atoms with Crippen LogP contribution in [-0.4, -0.2) is 4.98 Å². The highest BCUT2D eigenvalue weighted by atomic mass is 14.7. The van der Waals surface area contributed by atoms with Gasteiger partial charge in [0.05, 0.1) is 5.69 Å². The highest BCUT2D eigenvalue weighted by molar-refractivity contribution is 6.27. The monoisotopic (exact) mass is 481 g/mol. The fraction of sp³-hybridized carbons (Fsp3) is 0. The van der Waals surface area contributed by atoms with Gasteiger partial charge in [-0.05, 0) is 66.6 Å². The van der Waals surface area contributed by atoms with E-state index in [1.165, 1.54) is 60.5 Å². The molecule has 1 aliphatic carbocycles. The summed E-state index contributed by atoms with van der Waals surface area (Å²) in [7, 11) is 0. The molecule has 1 heterocycles. The van der Waals surface area contributed by atoms with Crippen molar-refractivity contribution in [3.63, 3.8) is 0 Å². The Kier molecular flexibility index (Phi) is 4.59. The molecule has 1 nitrogen and oxygen atoms in total. The molecule has 0 radical (unpaired) electrons. The van der Waals surface area contributed by atoms with Crippen molar-refractivity contribution >= 4 is 21.5 Å². The summed E-state index contributed by atoms with van der Waals surface area (Å²) in [6, 6.07) is 48.1. The number of pyridine rings is 1. The van der Waals surface area contributed by atoms with Crippen molar-refractivity contribution in [1.82, 2.24) is 4.98 Å². The molecule has 0 unspecified atom stereocenters. The Labute approximate surface area is 221 Å². The molecule has 0 bridgehead atoms. The first-order valence-electron chi connectivity index (χ1n) is 13.1. The van der Waals surface area contributed by atoms with Crippen LogP contribution in [0.3, 0.4) is 0 Å². The first kappa shape index (κ1) is 21.1. The largest absolute Gasteiger partial charge is 0.256 e. The molecule has 0 N–H and O–H groups in total. The second-order valence-corrected chi connectivity index (χ2v) is 9.91. The smallest absolute Gasteiger partial charge is 0.0702 e. The van der Waals surface area contributed by atoms with Gasteiger partial charge in [-0.3, -0.25) is 4.98 Å². The zero-order valence-electron chi connectivity index (χ0n) is 20.7. The summed E-state index contributed by atoms with van der Waals surface area (Å²) in [5.41, 5.74) is 12.2. The van der Waals surface area contributed by atoms with Gasteiger partial charge in [-0.1, -0.05) is 127 Å². The van der Waals surface area contributed by atoms with E-state index in [4.69, 9.17) is 4.98 Å². The molecule has 1 aliphatic rings. The number of aromatic nitrogens is 1. The second kappa shape index (κ2) is 8.26. The minimum Gasteiger partial charge on any atom is -0.256 e. The van der Waals surface area contributed by atoms with E-state index in [2.05, 4.69) is 127 Å². The van der Waals surface area contributed by atoms with Crippen LogP contribution in [0.1, 0.15) is 0 Å².